The SMILES string of the molecule is CCCCNCc1c[nH]c2nc(N)[nH]c(=O)c12.Cl. The third-order valence-electron chi connectivity index (χ3n) is 2.66. The van der Waals surface area contributed by atoms with Crippen LogP contribution < -0.4 is 16.6 Å². The Labute approximate surface area is 111 Å². The van der Waals surface area contributed by atoms with Crippen molar-refractivity contribution in [1.82, 2.24) is 20.3 Å². The summed E-state index contributed by atoms with van der Waals surface area (Å²) in [5.74, 6) is 0.134. The van der Waals surface area contributed by atoms with Gasteiger partial charge in [0, 0.05) is 12.7 Å². The quantitative estimate of drug-likeness (QED) is 0.613. The van der Waals surface area contributed by atoms with Gasteiger partial charge in [0.1, 0.15) is 5.65 Å². The Morgan fingerprint density at radius 2 is 2.28 bits per heavy atom. The van der Waals surface area contributed by atoms with E-state index in [0.29, 0.717) is 17.6 Å². The van der Waals surface area contributed by atoms with Crippen LogP contribution in [0.25, 0.3) is 11.0 Å². The molecule has 2 aromatic heterocycles. The van der Waals surface area contributed by atoms with Gasteiger partial charge in [-0.1, -0.05) is 13.3 Å². The molecule has 6 nitrogen and oxygen atoms in total. The number of nitrogens with zero attached hydrogens (tertiary/aromatic N) is 1. The lowest BCUT2D eigenvalue weighted by molar-refractivity contribution is 0.643. The Morgan fingerprint density at radius 1 is 1.50 bits per heavy atom. The molecule has 0 aliphatic heterocycles. The van der Waals surface area contributed by atoms with E-state index in [1.165, 1.54) is 0 Å². The molecule has 0 aromatic carbocycles. The van der Waals surface area contributed by atoms with Crippen LogP contribution in [0.3, 0.4) is 0 Å². The van der Waals surface area contributed by atoms with E-state index in [-0.39, 0.29) is 23.9 Å². The number of nitrogen functional groups attached to an aromatic ring is 1. The molecule has 0 atom stereocenters. The molecular weight excluding hydrogens is 254 g/mol. The van der Waals surface area contributed by atoms with Crippen LogP contribution in [0.5, 0.6) is 0 Å². The second-order valence-corrected chi connectivity index (χ2v) is 4.02. The normalized spacial score (nSPS) is 10.5. The lowest BCUT2D eigenvalue weighted by Crippen LogP contribution is -2.17. The lowest BCUT2D eigenvalue weighted by atomic mass is 10.2. The summed E-state index contributed by atoms with van der Waals surface area (Å²) in [6, 6.07) is 0. The molecule has 0 aliphatic carbocycles. The molecule has 0 spiro atoms. The number of fused-ring (bicyclic) bond motifs is 1. The van der Waals surface area contributed by atoms with Gasteiger partial charge in [-0.25, -0.2) is 0 Å². The Bertz CT molecular complexity index is 562. The van der Waals surface area contributed by atoms with Crippen molar-refractivity contribution in [3.63, 3.8) is 0 Å². The van der Waals surface area contributed by atoms with Crippen molar-refractivity contribution in [2.75, 3.05) is 12.3 Å². The monoisotopic (exact) mass is 271 g/mol. The summed E-state index contributed by atoms with van der Waals surface area (Å²) in [7, 11) is 0. The standard InChI is InChI=1S/C11H17N5O.ClH/c1-2-3-4-13-5-7-6-14-9-8(7)10(17)16-11(12)15-9;/h6,13H,2-5H2,1H3,(H4,12,14,15,16,17);1H. The van der Waals surface area contributed by atoms with Gasteiger partial charge in [0.25, 0.3) is 5.56 Å². The summed E-state index contributed by atoms with van der Waals surface area (Å²) in [6.45, 7) is 3.75. The first-order valence-electron chi connectivity index (χ1n) is 5.79. The minimum absolute atomic E-state index is 0. The largest absolute Gasteiger partial charge is 0.369 e. The molecule has 0 amide bonds. The van der Waals surface area contributed by atoms with Gasteiger partial charge in [-0.2, -0.15) is 4.98 Å². The van der Waals surface area contributed by atoms with E-state index in [1.54, 1.807) is 6.20 Å². The molecule has 0 radical (unpaired) electrons. The third kappa shape index (κ3) is 3.02. The molecule has 2 rings (SSSR count). The molecular formula is C11H18ClN5O. The molecule has 0 bridgehead atoms. The highest BCUT2D eigenvalue weighted by molar-refractivity contribution is 5.85. The molecule has 2 heterocycles. The van der Waals surface area contributed by atoms with Gasteiger partial charge in [0.05, 0.1) is 5.39 Å². The molecule has 18 heavy (non-hydrogen) atoms. The number of unbranched alkanes of at least 4 members (excludes halogenated alkanes) is 1. The second-order valence-electron chi connectivity index (χ2n) is 4.02. The van der Waals surface area contributed by atoms with Crippen LogP contribution in [0.1, 0.15) is 25.3 Å². The van der Waals surface area contributed by atoms with Gasteiger partial charge in [-0.05, 0) is 18.5 Å². The van der Waals surface area contributed by atoms with Gasteiger partial charge in [-0.3, -0.25) is 9.78 Å². The molecule has 5 N–H and O–H groups in total. The number of nitrogens with two attached hydrogens (primary N) is 1. The highest BCUT2D eigenvalue weighted by Gasteiger charge is 2.09. The van der Waals surface area contributed by atoms with Crippen LogP contribution in [0.2, 0.25) is 0 Å². The molecule has 2 aromatic rings. The van der Waals surface area contributed by atoms with Crippen molar-refractivity contribution in [3.8, 4) is 0 Å². The van der Waals surface area contributed by atoms with E-state index in [4.69, 9.17) is 5.73 Å². The van der Waals surface area contributed by atoms with E-state index in [0.717, 1.165) is 24.9 Å². The first-order chi connectivity index (χ1) is 8.22. The van der Waals surface area contributed by atoms with E-state index >= 15 is 0 Å². The van der Waals surface area contributed by atoms with E-state index in [9.17, 15) is 4.79 Å². The van der Waals surface area contributed by atoms with Crippen LogP contribution in [0.15, 0.2) is 11.0 Å². The topological polar surface area (TPSA) is 99.6 Å². The fraction of sp³-hybridized carbons (Fsp3) is 0.455. The van der Waals surface area contributed by atoms with Crippen molar-refractivity contribution >= 4 is 29.4 Å². The minimum atomic E-state index is -0.193. The number of nitrogens with one attached hydrogen (secondary N) is 3. The maximum absolute atomic E-state index is 11.7. The zero-order valence-corrected chi connectivity index (χ0v) is 11.1. The molecule has 0 saturated heterocycles. The summed E-state index contributed by atoms with van der Waals surface area (Å²) in [5, 5.41) is 3.88. The smallest absolute Gasteiger partial charge is 0.262 e. The summed E-state index contributed by atoms with van der Waals surface area (Å²) in [4.78, 5) is 21.3. The van der Waals surface area contributed by atoms with Crippen LogP contribution in [-0.2, 0) is 6.54 Å². The zero-order valence-electron chi connectivity index (χ0n) is 10.2. The second kappa shape index (κ2) is 6.42. The lowest BCUT2D eigenvalue weighted by Gasteiger charge is -2.01. The van der Waals surface area contributed by atoms with Gasteiger partial charge in [-0.15, -0.1) is 12.4 Å². The average Bonchev–Trinajstić information content (AvgIpc) is 2.68. The number of aromatic nitrogens is 3. The maximum atomic E-state index is 11.7. The third-order valence-corrected chi connectivity index (χ3v) is 2.66. The first-order valence-corrected chi connectivity index (χ1v) is 5.79. The number of hydrogen-bond acceptors (Lipinski definition) is 4. The van der Waals surface area contributed by atoms with Crippen LogP contribution in [0, 0.1) is 0 Å². The van der Waals surface area contributed by atoms with Gasteiger partial charge >= 0.3 is 0 Å². The number of anilines is 1. The van der Waals surface area contributed by atoms with Gasteiger partial charge < -0.3 is 16.0 Å². The predicted molar refractivity (Wildman–Crippen MR) is 75.0 cm³/mol. The maximum Gasteiger partial charge on any atom is 0.262 e. The number of aromatic amines is 2. The highest BCUT2D eigenvalue weighted by atomic mass is 35.5. The molecule has 0 saturated carbocycles. The first kappa shape index (κ1) is 14.5. The Hall–Kier alpha value is -1.53. The highest BCUT2D eigenvalue weighted by Crippen LogP contribution is 2.11. The summed E-state index contributed by atoms with van der Waals surface area (Å²) < 4.78 is 0. The Kier molecular flexibility index (Phi) is 5.18. The predicted octanol–water partition coefficient (Wildman–Crippen LogP) is 1.14. The molecule has 7 heteroatoms. The number of H-pyrrole nitrogens is 2. The van der Waals surface area contributed by atoms with Crippen molar-refractivity contribution in [2.45, 2.75) is 26.3 Å². The van der Waals surface area contributed by atoms with Crippen molar-refractivity contribution < 1.29 is 0 Å². The van der Waals surface area contributed by atoms with E-state index in [2.05, 4.69) is 27.2 Å². The summed E-state index contributed by atoms with van der Waals surface area (Å²) in [6.07, 6.45) is 4.08. The van der Waals surface area contributed by atoms with Crippen molar-refractivity contribution in [1.29, 1.82) is 0 Å². The van der Waals surface area contributed by atoms with E-state index < -0.39 is 0 Å². The number of halogens is 1. The summed E-state index contributed by atoms with van der Waals surface area (Å²) >= 11 is 0. The Balaban J connectivity index is 0.00000162. The van der Waals surface area contributed by atoms with E-state index in [1.807, 2.05) is 0 Å². The van der Waals surface area contributed by atoms with Crippen LogP contribution >= 0.6 is 12.4 Å². The molecule has 0 fully saturated rings. The fourth-order valence-electron chi connectivity index (χ4n) is 1.78. The molecule has 0 unspecified atom stereocenters. The van der Waals surface area contributed by atoms with Crippen LogP contribution in [0.4, 0.5) is 5.95 Å². The Morgan fingerprint density at radius 3 is 3.00 bits per heavy atom. The van der Waals surface area contributed by atoms with Gasteiger partial charge in [0.15, 0.2) is 0 Å². The zero-order chi connectivity index (χ0) is 12.3. The number of hydrogen-bond donors (Lipinski definition) is 4. The number of rotatable bonds is 5. The van der Waals surface area contributed by atoms with Crippen LogP contribution in [-0.4, -0.2) is 21.5 Å². The average molecular weight is 272 g/mol. The summed E-state index contributed by atoms with van der Waals surface area (Å²) in [5.41, 5.74) is 6.74. The minimum Gasteiger partial charge on any atom is -0.369 e. The van der Waals surface area contributed by atoms with Crippen molar-refractivity contribution in [3.05, 3.63) is 22.1 Å². The molecule has 100 valence electrons. The fourth-order valence-corrected chi connectivity index (χ4v) is 1.78. The van der Waals surface area contributed by atoms with Crippen molar-refractivity contribution in [2.24, 2.45) is 0 Å². The molecule has 0 aliphatic rings. The van der Waals surface area contributed by atoms with Gasteiger partial charge in [0.2, 0.25) is 5.95 Å².